The van der Waals surface area contributed by atoms with Crippen molar-refractivity contribution in [2.45, 2.75) is 12.5 Å². The molecule has 4 nitrogen and oxygen atoms in total. The van der Waals surface area contributed by atoms with E-state index in [0.29, 0.717) is 12.0 Å². The summed E-state index contributed by atoms with van der Waals surface area (Å²) in [7, 11) is -2.95. The van der Waals surface area contributed by atoms with Crippen molar-refractivity contribution >= 4 is 25.8 Å². The largest absolute Gasteiger partial charge is 0.388 e. The van der Waals surface area contributed by atoms with Gasteiger partial charge < -0.3 is 5.11 Å². The Morgan fingerprint density at radius 1 is 1.50 bits per heavy atom. The SMILES string of the molecule is O=S1(=O)CCC(C(O)c2cncc(Br)c2)C1. The lowest BCUT2D eigenvalue weighted by atomic mass is 9.97. The van der Waals surface area contributed by atoms with E-state index in [9.17, 15) is 13.5 Å². The molecule has 1 saturated heterocycles. The van der Waals surface area contributed by atoms with Gasteiger partial charge in [0.15, 0.2) is 9.84 Å². The van der Waals surface area contributed by atoms with E-state index in [1.165, 1.54) is 0 Å². The van der Waals surface area contributed by atoms with Crippen molar-refractivity contribution in [3.63, 3.8) is 0 Å². The smallest absolute Gasteiger partial charge is 0.150 e. The number of pyridine rings is 1. The van der Waals surface area contributed by atoms with E-state index in [-0.39, 0.29) is 17.4 Å². The van der Waals surface area contributed by atoms with Crippen LogP contribution >= 0.6 is 15.9 Å². The van der Waals surface area contributed by atoms with Crippen LogP contribution in [-0.2, 0) is 9.84 Å². The number of aliphatic hydroxyl groups excluding tert-OH is 1. The van der Waals surface area contributed by atoms with E-state index in [0.717, 1.165) is 4.47 Å². The molecule has 1 aliphatic rings. The molecule has 1 aliphatic heterocycles. The summed E-state index contributed by atoms with van der Waals surface area (Å²) >= 11 is 3.27. The van der Waals surface area contributed by atoms with Crippen molar-refractivity contribution in [1.29, 1.82) is 0 Å². The first-order valence-corrected chi connectivity index (χ1v) is 7.58. The van der Waals surface area contributed by atoms with E-state index < -0.39 is 15.9 Å². The predicted octanol–water partition coefficient (Wildman–Crippen LogP) is 1.31. The molecular formula is C10H12BrNO3S. The first-order valence-electron chi connectivity index (χ1n) is 4.97. The maximum absolute atomic E-state index is 11.3. The Balaban J connectivity index is 2.17. The second-order valence-corrected chi connectivity index (χ2v) is 7.19. The maximum Gasteiger partial charge on any atom is 0.150 e. The second kappa shape index (κ2) is 4.43. The minimum absolute atomic E-state index is 0.0701. The molecule has 0 spiro atoms. The quantitative estimate of drug-likeness (QED) is 0.894. The number of aliphatic hydroxyl groups is 1. The van der Waals surface area contributed by atoms with E-state index >= 15 is 0 Å². The average molecular weight is 306 g/mol. The third kappa shape index (κ3) is 2.61. The number of rotatable bonds is 2. The molecule has 0 radical (unpaired) electrons. The molecule has 1 aromatic rings. The maximum atomic E-state index is 11.3. The molecule has 0 amide bonds. The third-order valence-corrected chi connectivity index (χ3v) is 5.01. The minimum Gasteiger partial charge on any atom is -0.388 e. The third-order valence-electron chi connectivity index (χ3n) is 2.78. The molecular weight excluding hydrogens is 294 g/mol. The fourth-order valence-corrected chi connectivity index (χ4v) is 4.15. The minimum atomic E-state index is -2.95. The summed E-state index contributed by atoms with van der Waals surface area (Å²) in [5.41, 5.74) is 0.663. The Labute approximate surface area is 103 Å². The van der Waals surface area contributed by atoms with Gasteiger partial charge in [0.05, 0.1) is 17.6 Å². The Hall–Kier alpha value is -0.460. The number of hydrogen-bond acceptors (Lipinski definition) is 4. The standard InChI is InChI=1S/C10H12BrNO3S/c11-9-3-8(4-12-5-9)10(13)7-1-2-16(14,15)6-7/h3-5,7,10,13H,1-2,6H2. The highest BCUT2D eigenvalue weighted by Gasteiger charge is 2.33. The van der Waals surface area contributed by atoms with Gasteiger partial charge in [0.25, 0.3) is 0 Å². The number of hydrogen-bond donors (Lipinski definition) is 1. The molecule has 0 saturated carbocycles. The van der Waals surface area contributed by atoms with Crippen molar-refractivity contribution in [2.75, 3.05) is 11.5 Å². The summed E-state index contributed by atoms with van der Waals surface area (Å²) in [6.45, 7) is 0. The van der Waals surface area contributed by atoms with Crippen LogP contribution in [-0.4, -0.2) is 30.0 Å². The van der Waals surface area contributed by atoms with Gasteiger partial charge >= 0.3 is 0 Å². The summed E-state index contributed by atoms with van der Waals surface area (Å²) in [5, 5.41) is 10.1. The van der Waals surface area contributed by atoms with Gasteiger partial charge in [-0.05, 0) is 28.4 Å². The average Bonchev–Trinajstić information content (AvgIpc) is 2.58. The van der Waals surface area contributed by atoms with Gasteiger partial charge in [-0.3, -0.25) is 4.98 Å². The highest BCUT2D eigenvalue weighted by atomic mass is 79.9. The van der Waals surface area contributed by atoms with Crippen molar-refractivity contribution in [1.82, 2.24) is 4.98 Å². The predicted molar refractivity (Wildman–Crippen MR) is 63.7 cm³/mol. The van der Waals surface area contributed by atoms with Gasteiger partial charge in [-0.2, -0.15) is 0 Å². The van der Waals surface area contributed by atoms with E-state index in [1.54, 1.807) is 18.5 Å². The Morgan fingerprint density at radius 3 is 2.81 bits per heavy atom. The highest BCUT2D eigenvalue weighted by molar-refractivity contribution is 9.10. The Morgan fingerprint density at radius 2 is 2.25 bits per heavy atom. The second-order valence-electron chi connectivity index (χ2n) is 4.04. The summed E-state index contributed by atoms with van der Waals surface area (Å²) in [6.07, 6.45) is 2.97. The van der Waals surface area contributed by atoms with Crippen LogP contribution in [0.3, 0.4) is 0 Å². The lowest BCUT2D eigenvalue weighted by molar-refractivity contribution is 0.120. The zero-order chi connectivity index (χ0) is 11.8. The van der Waals surface area contributed by atoms with Crippen LogP contribution in [0.5, 0.6) is 0 Å². The van der Waals surface area contributed by atoms with Crippen LogP contribution in [0, 0.1) is 5.92 Å². The molecule has 2 unspecified atom stereocenters. The fraction of sp³-hybridized carbons (Fsp3) is 0.500. The van der Waals surface area contributed by atoms with Gasteiger partial charge in [0.1, 0.15) is 0 Å². The lowest BCUT2D eigenvalue weighted by Crippen LogP contribution is -2.14. The molecule has 88 valence electrons. The topological polar surface area (TPSA) is 67.3 Å². The normalized spacial score (nSPS) is 25.5. The molecule has 2 rings (SSSR count). The first kappa shape index (κ1) is 12.0. The molecule has 0 aromatic carbocycles. The van der Waals surface area contributed by atoms with Crippen molar-refractivity contribution in [2.24, 2.45) is 5.92 Å². The molecule has 6 heteroatoms. The zero-order valence-corrected chi connectivity index (χ0v) is 10.9. The van der Waals surface area contributed by atoms with Crippen molar-refractivity contribution in [3.05, 3.63) is 28.5 Å². The van der Waals surface area contributed by atoms with Gasteiger partial charge in [0.2, 0.25) is 0 Å². The van der Waals surface area contributed by atoms with Crippen LogP contribution < -0.4 is 0 Å². The van der Waals surface area contributed by atoms with Gasteiger partial charge in [-0.1, -0.05) is 0 Å². The van der Waals surface area contributed by atoms with Crippen LogP contribution in [0.2, 0.25) is 0 Å². The number of sulfone groups is 1. The van der Waals surface area contributed by atoms with E-state index in [1.807, 2.05) is 0 Å². The highest BCUT2D eigenvalue weighted by Crippen LogP contribution is 2.31. The summed E-state index contributed by atoms with van der Waals surface area (Å²) in [6, 6.07) is 1.77. The van der Waals surface area contributed by atoms with Crippen LogP contribution in [0.4, 0.5) is 0 Å². The number of nitrogens with zero attached hydrogens (tertiary/aromatic N) is 1. The molecule has 0 bridgehead atoms. The Bertz CT molecular complexity index is 489. The molecule has 16 heavy (non-hydrogen) atoms. The molecule has 1 N–H and O–H groups in total. The number of halogens is 1. The van der Waals surface area contributed by atoms with Gasteiger partial charge in [0, 0.05) is 28.3 Å². The fourth-order valence-electron chi connectivity index (χ4n) is 1.93. The molecule has 2 heterocycles. The molecule has 2 atom stereocenters. The monoisotopic (exact) mass is 305 g/mol. The number of aromatic nitrogens is 1. The van der Waals surface area contributed by atoms with Crippen molar-refractivity contribution < 1.29 is 13.5 Å². The molecule has 1 aromatic heterocycles. The van der Waals surface area contributed by atoms with E-state index in [4.69, 9.17) is 0 Å². The van der Waals surface area contributed by atoms with Crippen LogP contribution in [0.1, 0.15) is 18.1 Å². The van der Waals surface area contributed by atoms with Gasteiger partial charge in [-0.15, -0.1) is 0 Å². The van der Waals surface area contributed by atoms with Crippen LogP contribution in [0.25, 0.3) is 0 Å². The van der Waals surface area contributed by atoms with Gasteiger partial charge in [-0.25, -0.2) is 8.42 Å². The zero-order valence-electron chi connectivity index (χ0n) is 8.51. The summed E-state index contributed by atoms with van der Waals surface area (Å²) in [4.78, 5) is 3.96. The van der Waals surface area contributed by atoms with E-state index in [2.05, 4.69) is 20.9 Å². The molecule has 1 fully saturated rings. The van der Waals surface area contributed by atoms with Crippen molar-refractivity contribution in [3.8, 4) is 0 Å². The first-order chi connectivity index (χ1) is 7.48. The van der Waals surface area contributed by atoms with Crippen LogP contribution in [0.15, 0.2) is 22.9 Å². The summed E-state index contributed by atoms with van der Waals surface area (Å²) in [5.74, 6) is 0.0395. The molecule has 0 aliphatic carbocycles. The Kier molecular flexibility index (Phi) is 3.32. The lowest BCUT2D eigenvalue weighted by Gasteiger charge is -2.16. The summed E-state index contributed by atoms with van der Waals surface area (Å²) < 4.78 is 23.4.